The Kier molecular flexibility index (Phi) is 3.92. The summed E-state index contributed by atoms with van der Waals surface area (Å²) in [4.78, 5) is 15.2. The zero-order chi connectivity index (χ0) is 14.0. The molecule has 0 aliphatic heterocycles. The average Bonchev–Trinajstić information content (AvgIpc) is 2.35. The van der Waals surface area contributed by atoms with Gasteiger partial charge in [-0.15, -0.1) is 0 Å². The number of nitrogens with zero attached hydrogens (tertiary/aromatic N) is 1. The molecule has 7 heteroatoms. The lowest BCUT2D eigenvalue weighted by molar-refractivity contribution is 0.0692. The lowest BCUT2D eigenvalue weighted by Gasteiger charge is -2.08. The van der Waals surface area contributed by atoms with Crippen LogP contribution in [-0.4, -0.2) is 16.1 Å². The van der Waals surface area contributed by atoms with Gasteiger partial charge < -0.3 is 10.8 Å². The first-order valence-corrected chi connectivity index (χ1v) is 6.29. The first kappa shape index (κ1) is 13.6. The molecule has 1 heterocycles. The lowest BCUT2D eigenvalue weighted by Crippen LogP contribution is -2.03. The smallest absolute Gasteiger partial charge is 0.338 e. The number of aromatic nitrogens is 1. The third-order valence-electron chi connectivity index (χ3n) is 2.26. The van der Waals surface area contributed by atoms with Crippen LogP contribution in [0.4, 0.5) is 10.1 Å². The number of pyridine rings is 1. The number of carboxylic acids is 1. The molecule has 0 aliphatic carbocycles. The van der Waals surface area contributed by atoms with Gasteiger partial charge >= 0.3 is 5.97 Å². The maximum atomic E-state index is 13.6. The monoisotopic (exact) mass is 298 g/mol. The highest BCUT2D eigenvalue weighted by atomic mass is 35.5. The van der Waals surface area contributed by atoms with Gasteiger partial charge in [0.25, 0.3) is 0 Å². The van der Waals surface area contributed by atoms with Crippen molar-refractivity contribution >= 4 is 35.0 Å². The van der Waals surface area contributed by atoms with Gasteiger partial charge in [0.15, 0.2) is 0 Å². The average molecular weight is 299 g/mol. The standard InChI is InChI=1S/C12H8ClFN2O2S/c13-7-2-1-3-16-11(7)19-10-5-8(14)6(12(17)18)4-9(10)15/h1-5H,15H2,(H,17,18). The van der Waals surface area contributed by atoms with Crippen molar-refractivity contribution in [2.45, 2.75) is 9.92 Å². The van der Waals surface area contributed by atoms with E-state index in [9.17, 15) is 9.18 Å². The van der Waals surface area contributed by atoms with Crippen molar-refractivity contribution in [2.24, 2.45) is 0 Å². The Morgan fingerprint density at radius 3 is 2.84 bits per heavy atom. The number of anilines is 1. The third kappa shape index (κ3) is 2.97. The molecule has 0 fully saturated rings. The fourth-order valence-corrected chi connectivity index (χ4v) is 2.44. The molecule has 0 unspecified atom stereocenters. The van der Waals surface area contributed by atoms with Crippen LogP contribution in [0.15, 0.2) is 40.4 Å². The summed E-state index contributed by atoms with van der Waals surface area (Å²) >= 11 is 7.01. The molecule has 0 spiro atoms. The van der Waals surface area contributed by atoms with Crippen molar-refractivity contribution < 1.29 is 14.3 Å². The second-order valence-electron chi connectivity index (χ2n) is 3.57. The molecule has 3 N–H and O–H groups in total. The molecule has 0 saturated carbocycles. The normalized spacial score (nSPS) is 10.4. The van der Waals surface area contributed by atoms with Crippen molar-refractivity contribution in [3.05, 3.63) is 46.9 Å². The molecule has 19 heavy (non-hydrogen) atoms. The van der Waals surface area contributed by atoms with Gasteiger partial charge in [-0.05, 0) is 24.3 Å². The largest absolute Gasteiger partial charge is 0.478 e. The van der Waals surface area contributed by atoms with Crippen molar-refractivity contribution in [3.8, 4) is 0 Å². The minimum absolute atomic E-state index is 0.158. The van der Waals surface area contributed by atoms with Crippen LogP contribution in [0.25, 0.3) is 0 Å². The number of hydrogen-bond donors (Lipinski definition) is 2. The summed E-state index contributed by atoms with van der Waals surface area (Å²) in [6, 6.07) is 5.46. The van der Waals surface area contributed by atoms with Crippen LogP contribution in [0.2, 0.25) is 5.02 Å². The van der Waals surface area contributed by atoms with E-state index in [1.165, 1.54) is 0 Å². The third-order valence-corrected chi connectivity index (χ3v) is 3.77. The van der Waals surface area contributed by atoms with Gasteiger partial charge in [0.2, 0.25) is 0 Å². The van der Waals surface area contributed by atoms with Gasteiger partial charge in [0.05, 0.1) is 10.6 Å². The van der Waals surface area contributed by atoms with E-state index in [0.717, 1.165) is 23.9 Å². The Morgan fingerprint density at radius 2 is 2.21 bits per heavy atom. The molecular weight excluding hydrogens is 291 g/mol. The number of rotatable bonds is 3. The predicted octanol–water partition coefficient (Wildman–Crippen LogP) is 3.31. The van der Waals surface area contributed by atoms with Crippen LogP contribution in [0, 0.1) is 5.82 Å². The second kappa shape index (κ2) is 5.46. The van der Waals surface area contributed by atoms with Crippen LogP contribution in [0.1, 0.15) is 10.4 Å². The molecule has 0 aliphatic rings. The molecule has 0 amide bonds. The minimum atomic E-state index is -1.36. The number of nitrogen functional groups attached to an aromatic ring is 1. The predicted molar refractivity (Wildman–Crippen MR) is 71.1 cm³/mol. The first-order valence-electron chi connectivity index (χ1n) is 5.09. The van der Waals surface area contributed by atoms with Gasteiger partial charge in [-0.3, -0.25) is 0 Å². The molecule has 0 radical (unpaired) electrons. The van der Waals surface area contributed by atoms with E-state index in [1.807, 2.05) is 0 Å². The first-order chi connectivity index (χ1) is 8.99. The maximum absolute atomic E-state index is 13.6. The van der Waals surface area contributed by atoms with Crippen LogP contribution in [-0.2, 0) is 0 Å². The number of hydrogen-bond acceptors (Lipinski definition) is 4. The van der Waals surface area contributed by atoms with Gasteiger partial charge in [-0.25, -0.2) is 14.2 Å². The summed E-state index contributed by atoms with van der Waals surface area (Å²) in [6.45, 7) is 0. The zero-order valence-corrected chi connectivity index (χ0v) is 11.0. The summed E-state index contributed by atoms with van der Waals surface area (Å²) in [5.74, 6) is -2.21. The van der Waals surface area contributed by atoms with E-state index < -0.39 is 17.3 Å². The Labute approximate surface area is 117 Å². The summed E-state index contributed by atoms with van der Waals surface area (Å²) < 4.78 is 13.6. The van der Waals surface area contributed by atoms with Crippen molar-refractivity contribution in [1.29, 1.82) is 0 Å². The fourth-order valence-electron chi connectivity index (χ4n) is 1.37. The Hall–Kier alpha value is -1.79. The summed E-state index contributed by atoms with van der Waals surface area (Å²) in [6.07, 6.45) is 1.55. The molecular formula is C12H8ClFN2O2S. The summed E-state index contributed by atoms with van der Waals surface area (Å²) in [7, 11) is 0. The van der Waals surface area contributed by atoms with Crippen molar-refractivity contribution in [3.63, 3.8) is 0 Å². The molecule has 0 atom stereocenters. The topological polar surface area (TPSA) is 76.2 Å². The second-order valence-corrected chi connectivity index (χ2v) is 5.01. The number of halogens is 2. The highest BCUT2D eigenvalue weighted by Gasteiger charge is 2.15. The van der Waals surface area contributed by atoms with Crippen molar-refractivity contribution in [1.82, 2.24) is 4.98 Å². The van der Waals surface area contributed by atoms with Crippen LogP contribution >= 0.6 is 23.4 Å². The van der Waals surface area contributed by atoms with Crippen LogP contribution in [0.3, 0.4) is 0 Å². The number of carboxylic acid groups (broad SMARTS) is 1. The summed E-state index contributed by atoms with van der Waals surface area (Å²) in [5, 5.41) is 9.66. The van der Waals surface area contributed by atoms with E-state index in [4.69, 9.17) is 22.4 Å². The number of benzene rings is 1. The summed E-state index contributed by atoms with van der Waals surface area (Å²) in [5.41, 5.74) is 5.40. The number of nitrogens with two attached hydrogens (primary N) is 1. The van der Waals surface area contributed by atoms with E-state index in [2.05, 4.69) is 4.98 Å². The highest BCUT2D eigenvalue weighted by molar-refractivity contribution is 7.99. The Bertz CT molecular complexity index is 652. The maximum Gasteiger partial charge on any atom is 0.338 e. The molecule has 2 rings (SSSR count). The minimum Gasteiger partial charge on any atom is -0.478 e. The van der Waals surface area contributed by atoms with E-state index in [1.54, 1.807) is 18.3 Å². The van der Waals surface area contributed by atoms with E-state index in [-0.39, 0.29) is 5.69 Å². The van der Waals surface area contributed by atoms with Gasteiger partial charge in [0.1, 0.15) is 10.8 Å². The van der Waals surface area contributed by atoms with Gasteiger partial charge in [-0.1, -0.05) is 23.4 Å². The molecule has 98 valence electrons. The van der Waals surface area contributed by atoms with E-state index >= 15 is 0 Å². The molecule has 1 aromatic carbocycles. The SMILES string of the molecule is Nc1cc(C(=O)O)c(F)cc1Sc1ncccc1Cl. The zero-order valence-electron chi connectivity index (χ0n) is 9.43. The van der Waals surface area contributed by atoms with Crippen LogP contribution in [0.5, 0.6) is 0 Å². The molecule has 0 bridgehead atoms. The fraction of sp³-hybridized carbons (Fsp3) is 0. The molecule has 1 aromatic heterocycles. The molecule has 2 aromatic rings. The Morgan fingerprint density at radius 1 is 1.47 bits per heavy atom. The highest BCUT2D eigenvalue weighted by Crippen LogP contribution is 2.35. The number of carbonyl (C=O) groups is 1. The van der Waals surface area contributed by atoms with Gasteiger partial charge in [-0.2, -0.15) is 0 Å². The molecule has 4 nitrogen and oxygen atoms in total. The quantitative estimate of drug-likeness (QED) is 0.850. The van der Waals surface area contributed by atoms with E-state index in [0.29, 0.717) is 14.9 Å². The number of aromatic carboxylic acids is 1. The van der Waals surface area contributed by atoms with Crippen LogP contribution < -0.4 is 5.73 Å². The Balaban J connectivity index is 2.39. The molecule has 0 saturated heterocycles. The van der Waals surface area contributed by atoms with Gasteiger partial charge in [0, 0.05) is 16.8 Å². The van der Waals surface area contributed by atoms with Crippen molar-refractivity contribution in [2.75, 3.05) is 5.73 Å². The lowest BCUT2D eigenvalue weighted by atomic mass is 10.2.